The standard InChI is InChI=1S/C31H32F4N2O7/c1-31(2,3)44-25(39)13-22(23(38)16-43-28-26(34)20(32)12-21(33)27(28)35)36-29(40)17-8-6-7-11-37(14-17)30(41)19-15-42-24-10-5-4-9-18(19)24/h4-5,9-10,12,15,17,22H,6-8,11,13-14,16H2,1-3H3,(H,36,40)/t17?,22-/m0/s1. The van der Waals surface area contributed by atoms with Gasteiger partial charge in [-0.2, -0.15) is 8.78 Å². The molecule has 1 aromatic heterocycles. The smallest absolute Gasteiger partial charge is 0.308 e. The second kappa shape index (κ2) is 13.5. The van der Waals surface area contributed by atoms with Gasteiger partial charge in [-0.25, -0.2) is 8.78 Å². The first-order valence-corrected chi connectivity index (χ1v) is 14.0. The van der Waals surface area contributed by atoms with E-state index in [1.807, 2.05) is 0 Å². The third-order valence-electron chi connectivity index (χ3n) is 6.97. The SMILES string of the molecule is CC(C)(C)OC(=O)C[C@H](NC(=O)C1CCCCN(C(=O)c2coc3ccccc23)C1)C(=O)COc1c(F)c(F)cc(F)c1F. The number of halogens is 4. The highest BCUT2D eigenvalue weighted by molar-refractivity contribution is 6.06. The van der Waals surface area contributed by atoms with Crippen molar-refractivity contribution in [3.63, 3.8) is 0 Å². The minimum Gasteiger partial charge on any atom is -0.479 e. The summed E-state index contributed by atoms with van der Waals surface area (Å²) in [5.74, 6) is -12.3. The van der Waals surface area contributed by atoms with Crippen LogP contribution in [0.3, 0.4) is 0 Å². The average molecular weight is 621 g/mol. The van der Waals surface area contributed by atoms with Crippen molar-refractivity contribution in [2.75, 3.05) is 19.7 Å². The summed E-state index contributed by atoms with van der Waals surface area (Å²) in [7, 11) is 0. The fourth-order valence-corrected chi connectivity index (χ4v) is 4.86. The highest BCUT2D eigenvalue weighted by Gasteiger charge is 2.33. The lowest BCUT2D eigenvalue weighted by Gasteiger charge is -2.26. The number of rotatable bonds is 9. The highest BCUT2D eigenvalue weighted by Crippen LogP contribution is 2.27. The molecule has 9 nitrogen and oxygen atoms in total. The van der Waals surface area contributed by atoms with E-state index in [2.05, 4.69) is 5.32 Å². The largest absolute Gasteiger partial charge is 0.479 e. The number of carbonyl (C=O) groups is 4. The number of nitrogens with one attached hydrogen (secondary N) is 1. The molecule has 2 atom stereocenters. The van der Waals surface area contributed by atoms with Gasteiger partial charge in [-0.05, 0) is 39.7 Å². The Balaban J connectivity index is 1.50. The summed E-state index contributed by atoms with van der Waals surface area (Å²) < 4.78 is 70.9. The zero-order valence-corrected chi connectivity index (χ0v) is 24.4. The molecule has 3 aromatic rings. The highest BCUT2D eigenvalue weighted by atomic mass is 19.2. The quantitative estimate of drug-likeness (QED) is 0.201. The van der Waals surface area contributed by atoms with Crippen molar-refractivity contribution in [1.82, 2.24) is 10.2 Å². The van der Waals surface area contributed by atoms with Gasteiger partial charge in [0.15, 0.2) is 23.2 Å². The van der Waals surface area contributed by atoms with Gasteiger partial charge in [-0.15, -0.1) is 0 Å². The van der Waals surface area contributed by atoms with Crippen LogP contribution in [0.4, 0.5) is 17.6 Å². The van der Waals surface area contributed by atoms with Crippen LogP contribution in [0.2, 0.25) is 0 Å². The van der Waals surface area contributed by atoms with E-state index in [0.717, 1.165) is 0 Å². The number of carbonyl (C=O) groups excluding carboxylic acids is 4. The zero-order chi connectivity index (χ0) is 32.2. The van der Waals surface area contributed by atoms with Crippen LogP contribution in [-0.2, 0) is 19.1 Å². The predicted octanol–water partition coefficient (Wildman–Crippen LogP) is 5.10. The van der Waals surface area contributed by atoms with Gasteiger partial charge in [0.1, 0.15) is 30.1 Å². The maximum Gasteiger partial charge on any atom is 0.308 e. The molecule has 2 amide bonds. The predicted molar refractivity (Wildman–Crippen MR) is 149 cm³/mol. The summed E-state index contributed by atoms with van der Waals surface area (Å²) in [5.41, 5.74) is -0.0629. The summed E-state index contributed by atoms with van der Waals surface area (Å²) in [6.07, 6.45) is 2.26. The first-order chi connectivity index (χ1) is 20.7. The van der Waals surface area contributed by atoms with E-state index in [9.17, 15) is 36.7 Å². The molecule has 1 saturated heterocycles. The van der Waals surface area contributed by atoms with Crippen LogP contribution >= 0.6 is 0 Å². The molecule has 44 heavy (non-hydrogen) atoms. The van der Waals surface area contributed by atoms with Crippen LogP contribution in [0.25, 0.3) is 11.0 Å². The number of furan rings is 1. The number of hydrogen-bond donors (Lipinski definition) is 1. The number of benzene rings is 2. The minimum atomic E-state index is -1.85. The Morgan fingerprint density at radius 2 is 1.73 bits per heavy atom. The molecular formula is C31H32F4N2O7. The molecule has 1 unspecified atom stereocenters. The molecule has 2 heterocycles. The number of ketones is 1. The monoisotopic (exact) mass is 620 g/mol. The number of Topliss-reactive ketones (excluding diaryl/α,β-unsaturated/α-hetero) is 1. The van der Waals surface area contributed by atoms with Crippen LogP contribution in [0.15, 0.2) is 41.0 Å². The first-order valence-electron chi connectivity index (χ1n) is 14.0. The number of fused-ring (bicyclic) bond motifs is 1. The van der Waals surface area contributed by atoms with E-state index in [0.29, 0.717) is 42.3 Å². The van der Waals surface area contributed by atoms with E-state index >= 15 is 0 Å². The van der Waals surface area contributed by atoms with Crippen LogP contribution in [0.5, 0.6) is 5.75 Å². The zero-order valence-electron chi connectivity index (χ0n) is 24.4. The number of nitrogens with zero attached hydrogens (tertiary/aromatic N) is 1. The molecule has 1 N–H and O–H groups in total. The van der Waals surface area contributed by atoms with Crippen LogP contribution in [0.1, 0.15) is 56.8 Å². The van der Waals surface area contributed by atoms with Gasteiger partial charge in [-0.3, -0.25) is 19.2 Å². The second-order valence-electron chi connectivity index (χ2n) is 11.5. The third-order valence-corrected chi connectivity index (χ3v) is 6.97. The Labute approximate surface area is 250 Å². The van der Waals surface area contributed by atoms with Crippen LogP contribution in [-0.4, -0.2) is 59.8 Å². The molecular weight excluding hydrogens is 588 g/mol. The van der Waals surface area contributed by atoms with Gasteiger partial charge < -0.3 is 24.1 Å². The van der Waals surface area contributed by atoms with Crippen molar-refractivity contribution < 1.29 is 50.6 Å². The molecule has 0 saturated carbocycles. The van der Waals surface area contributed by atoms with Crippen LogP contribution in [0, 0.1) is 29.2 Å². The molecule has 13 heteroatoms. The van der Waals surface area contributed by atoms with Gasteiger partial charge >= 0.3 is 5.97 Å². The van der Waals surface area contributed by atoms with Crippen molar-refractivity contribution >= 4 is 34.5 Å². The molecule has 0 spiro atoms. The Morgan fingerprint density at radius 1 is 1.05 bits per heavy atom. The molecule has 0 aliphatic carbocycles. The van der Waals surface area contributed by atoms with Gasteiger partial charge in [0, 0.05) is 24.5 Å². The van der Waals surface area contributed by atoms with Gasteiger partial charge in [0.05, 0.1) is 17.9 Å². The fourth-order valence-electron chi connectivity index (χ4n) is 4.86. The average Bonchev–Trinajstić information content (AvgIpc) is 3.22. The van der Waals surface area contributed by atoms with E-state index in [-0.39, 0.29) is 18.5 Å². The molecule has 2 aromatic carbocycles. The third kappa shape index (κ3) is 7.74. The van der Waals surface area contributed by atoms with Crippen molar-refractivity contribution in [1.29, 1.82) is 0 Å². The normalized spacial score (nSPS) is 16.2. The number of esters is 1. The van der Waals surface area contributed by atoms with Gasteiger partial charge in [0.2, 0.25) is 17.5 Å². The molecule has 1 aliphatic heterocycles. The molecule has 1 fully saturated rings. The maximum atomic E-state index is 14.1. The van der Waals surface area contributed by atoms with Crippen molar-refractivity contribution in [3.05, 3.63) is 65.4 Å². The van der Waals surface area contributed by atoms with Crippen molar-refractivity contribution in [2.45, 2.75) is 58.1 Å². The second-order valence-corrected chi connectivity index (χ2v) is 11.5. The summed E-state index contributed by atoms with van der Waals surface area (Å²) in [6, 6.07) is 5.43. The Morgan fingerprint density at radius 3 is 2.41 bits per heavy atom. The maximum absolute atomic E-state index is 14.1. The van der Waals surface area contributed by atoms with Crippen molar-refractivity contribution in [2.24, 2.45) is 5.92 Å². The van der Waals surface area contributed by atoms with Gasteiger partial charge in [-0.1, -0.05) is 24.6 Å². The van der Waals surface area contributed by atoms with Crippen molar-refractivity contribution in [3.8, 4) is 5.75 Å². The Kier molecular flexibility index (Phi) is 9.95. The Hall–Kier alpha value is -4.42. The minimum absolute atomic E-state index is 0.00696. The molecule has 0 bridgehead atoms. The lowest BCUT2D eigenvalue weighted by atomic mass is 10.0. The number of ether oxygens (including phenoxy) is 2. The van der Waals surface area contributed by atoms with Crippen LogP contribution < -0.4 is 10.1 Å². The molecule has 0 radical (unpaired) electrons. The lowest BCUT2D eigenvalue weighted by molar-refractivity contribution is -0.156. The van der Waals surface area contributed by atoms with Gasteiger partial charge in [0.25, 0.3) is 5.91 Å². The fraction of sp³-hybridized carbons (Fsp3) is 0.419. The van der Waals surface area contributed by atoms with E-state index in [1.165, 1.54) is 11.2 Å². The number of para-hydroxylation sites is 1. The summed E-state index contributed by atoms with van der Waals surface area (Å²) in [6.45, 7) is 4.02. The Bertz CT molecular complexity index is 1540. The lowest BCUT2D eigenvalue weighted by Crippen LogP contribution is -2.49. The summed E-state index contributed by atoms with van der Waals surface area (Å²) >= 11 is 0. The topological polar surface area (TPSA) is 115 Å². The number of hydrogen-bond acceptors (Lipinski definition) is 7. The number of amides is 2. The summed E-state index contributed by atoms with van der Waals surface area (Å²) in [4.78, 5) is 54.1. The summed E-state index contributed by atoms with van der Waals surface area (Å²) in [5, 5.41) is 3.10. The van der Waals surface area contributed by atoms with E-state index in [1.54, 1.807) is 45.0 Å². The van der Waals surface area contributed by atoms with E-state index < -0.39 is 77.3 Å². The number of likely N-dealkylation sites (tertiary alicyclic amines) is 1. The van der Waals surface area contributed by atoms with E-state index in [4.69, 9.17) is 13.9 Å². The molecule has 236 valence electrons. The molecule has 1 aliphatic rings. The molecule has 4 rings (SSSR count). The first kappa shape index (κ1) is 32.5.